The molecule has 3 aromatic carbocycles. The maximum atomic E-state index is 13.4. The van der Waals surface area contributed by atoms with Crippen LogP contribution in [0.1, 0.15) is 30.6 Å². The smallest absolute Gasteiger partial charge is 0.344 e. The monoisotopic (exact) mass is 543 g/mol. The van der Waals surface area contributed by atoms with Crippen LogP contribution >= 0.6 is 11.6 Å². The Morgan fingerprint density at radius 1 is 0.949 bits per heavy atom. The number of halogens is 1. The number of para-hydroxylation sites is 1. The molecule has 1 aliphatic heterocycles. The molecule has 5 rings (SSSR count). The Balaban J connectivity index is 1.35. The van der Waals surface area contributed by atoms with E-state index < -0.39 is 5.63 Å². The van der Waals surface area contributed by atoms with E-state index in [-0.39, 0.29) is 11.8 Å². The van der Waals surface area contributed by atoms with Gasteiger partial charge in [-0.2, -0.15) is 0 Å². The third kappa shape index (κ3) is 5.99. The number of rotatable bonds is 6. The zero-order valence-corrected chi connectivity index (χ0v) is 22.7. The van der Waals surface area contributed by atoms with Gasteiger partial charge in [0.15, 0.2) is 0 Å². The van der Waals surface area contributed by atoms with Gasteiger partial charge < -0.3 is 19.5 Å². The van der Waals surface area contributed by atoms with Crippen molar-refractivity contribution in [3.63, 3.8) is 0 Å². The van der Waals surface area contributed by atoms with E-state index in [4.69, 9.17) is 16.0 Å². The molecule has 0 atom stereocenters. The van der Waals surface area contributed by atoms with Gasteiger partial charge in [0.1, 0.15) is 5.58 Å². The van der Waals surface area contributed by atoms with Crippen LogP contribution in [0.4, 0.5) is 11.4 Å². The van der Waals surface area contributed by atoms with Gasteiger partial charge >= 0.3 is 5.63 Å². The van der Waals surface area contributed by atoms with Gasteiger partial charge in [-0.05, 0) is 53.9 Å². The summed E-state index contributed by atoms with van der Waals surface area (Å²) in [4.78, 5) is 42.6. The minimum absolute atomic E-state index is 0.176. The Morgan fingerprint density at radius 3 is 2.49 bits per heavy atom. The van der Waals surface area contributed by atoms with Crippen LogP contribution in [0.3, 0.4) is 0 Å². The molecule has 4 aromatic rings. The molecule has 1 fully saturated rings. The summed E-state index contributed by atoms with van der Waals surface area (Å²) in [6.45, 7) is 6.64. The standard InChI is InChI=1S/C31H30ClN3O4/c1-20(2)16-29(36)35-14-12-34(13-15-35)27-11-10-24(32)19-26(27)33-30(37)23-8-5-7-21(17-23)25-18-22-6-3-4-9-28(22)39-31(25)38/h3-11,17-20H,12-16H2,1-2H3,(H,33,37). The fraction of sp³-hybridized carbons (Fsp3) is 0.258. The van der Waals surface area contributed by atoms with Gasteiger partial charge in [-0.1, -0.05) is 55.8 Å². The summed E-state index contributed by atoms with van der Waals surface area (Å²) in [7, 11) is 0. The molecule has 39 heavy (non-hydrogen) atoms. The van der Waals surface area contributed by atoms with E-state index in [1.165, 1.54) is 0 Å². The van der Waals surface area contributed by atoms with Gasteiger partial charge in [0.05, 0.1) is 16.9 Å². The first-order valence-corrected chi connectivity index (χ1v) is 13.4. The quantitative estimate of drug-likeness (QED) is 0.299. The molecule has 0 unspecified atom stereocenters. The molecule has 7 nitrogen and oxygen atoms in total. The van der Waals surface area contributed by atoms with Gasteiger partial charge in [-0.15, -0.1) is 0 Å². The maximum Gasteiger partial charge on any atom is 0.344 e. The Kier molecular flexibility index (Phi) is 7.70. The fourth-order valence-corrected chi connectivity index (χ4v) is 5.02. The highest BCUT2D eigenvalue weighted by Gasteiger charge is 2.24. The lowest BCUT2D eigenvalue weighted by Gasteiger charge is -2.37. The van der Waals surface area contributed by atoms with E-state index in [1.54, 1.807) is 48.5 Å². The topological polar surface area (TPSA) is 82.9 Å². The van der Waals surface area contributed by atoms with Crippen molar-refractivity contribution in [3.05, 3.63) is 93.8 Å². The fourth-order valence-electron chi connectivity index (χ4n) is 4.84. The molecule has 2 heterocycles. The predicted molar refractivity (Wildman–Crippen MR) is 156 cm³/mol. The van der Waals surface area contributed by atoms with Gasteiger partial charge in [-0.25, -0.2) is 4.79 Å². The number of nitrogens with one attached hydrogen (secondary N) is 1. The van der Waals surface area contributed by atoms with Crippen molar-refractivity contribution < 1.29 is 14.0 Å². The number of benzene rings is 3. The summed E-state index contributed by atoms with van der Waals surface area (Å²) < 4.78 is 5.48. The van der Waals surface area contributed by atoms with Crippen molar-refractivity contribution in [1.29, 1.82) is 0 Å². The van der Waals surface area contributed by atoms with Crippen molar-refractivity contribution >= 4 is 45.8 Å². The molecule has 0 spiro atoms. The molecule has 0 radical (unpaired) electrons. The summed E-state index contributed by atoms with van der Waals surface area (Å²) in [5.41, 5.74) is 2.86. The van der Waals surface area contributed by atoms with Crippen molar-refractivity contribution in [2.24, 2.45) is 5.92 Å². The van der Waals surface area contributed by atoms with Crippen LogP contribution in [-0.2, 0) is 4.79 Å². The summed E-state index contributed by atoms with van der Waals surface area (Å²) in [5, 5.41) is 4.31. The largest absolute Gasteiger partial charge is 0.422 e. The number of hydrogen-bond acceptors (Lipinski definition) is 5. The molecular weight excluding hydrogens is 514 g/mol. The number of nitrogens with zero attached hydrogens (tertiary/aromatic N) is 2. The summed E-state index contributed by atoms with van der Waals surface area (Å²) in [5.74, 6) is 0.175. The molecule has 1 aliphatic rings. The van der Waals surface area contributed by atoms with Crippen LogP contribution < -0.4 is 15.8 Å². The minimum atomic E-state index is -0.464. The van der Waals surface area contributed by atoms with E-state index in [1.807, 2.05) is 43.0 Å². The maximum absolute atomic E-state index is 13.4. The van der Waals surface area contributed by atoms with E-state index in [9.17, 15) is 14.4 Å². The Bertz CT molecular complexity index is 1590. The third-order valence-corrected chi connectivity index (χ3v) is 7.08. The highest BCUT2D eigenvalue weighted by molar-refractivity contribution is 6.31. The van der Waals surface area contributed by atoms with Crippen molar-refractivity contribution in [2.75, 3.05) is 36.4 Å². The molecule has 0 aliphatic carbocycles. The van der Waals surface area contributed by atoms with Gasteiger partial charge in [0.25, 0.3) is 5.91 Å². The van der Waals surface area contributed by atoms with E-state index >= 15 is 0 Å². The summed E-state index contributed by atoms with van der Waals surface area (Å²) in [6, 6.07) is 21.4. The molecule has 0 bridgehead atoms. The number of carbonyl (C=O) groups excluding carboxylic acids is 2. The number of fused-ring (bicyclic) bond motifs is 1. The first kappa shape index (κ1) is 26.5. The first-order chi connectivity index (χ1) is 18.8. The normalized spacial score (nSPS) is 13.6. The Morgan fingerprint density at radius 2 is 1.72 bits per heavy atom. The average molecular weight is 544 g/mol. The average Bonchev–Trinajstić information content (AvgIpc) is 2.92. The Labute approximate surface area is 232 Å². The minimum Gasteiger partial charge on any atom is -0.422 e. The van der Waals surface area contributed by atoms with Crippen LogP contribution in [0.25, 0.3) is 22.1 Å². The van der Waals surface area contributed by atoms with Crippen LogP contribution in [0, 0.1) is 5.92 Å². The number of piperazine rings is 1. The van der Waals surface area contributed by atoms with Gasteiger partial charge in [0, 0.05) is 48.6 Å². The highest BCUT2D eigenvalue weighted by atomic mass is 35.5. The lowest BCUT2D eigenvalue weighted by atomic mass is 10.0. The molecule has 1 N–H and O–H groups in total. The summed E-state index contributed by atoms with van der Waals surface area (Å²) >= 11 is 6.30. The highest BCUT2D eigenvalue weighted by Crippen LogP contribution is 2.31. The van der Waals surface area contributed by atoms with Crippen molar-refractivity contribution in [3.8, 4) is 11.1 Å². The number of carbonyl (C=O) groups is 2. The molecule has 200 valence electrons. The zero-order valence-electron chi connectivity index (χ0n) is 21.9. The summed E-state index contributed by atoms with van der Waals surface area (Å²) in [6.07, 6.45) is 0.544. The van der Waals surface area contributed by atoms with Crippen LogP contribution in [-0.4, -0.2) is 42.9 Å². The SMILES string of the molecule is CC(C)CC(=O)N1CCN(c2ccc(Cl)cc2NC(=O)c2cccc(-c3cc4ccccc4oc3=O)c2)CC1. The van der Waals surface area contributed by atoms with E-state index in [0.29, 0.717) is 71.5 Å². The second kappa shape index (κ2) is 11.3. The molecular formula is C31H30ClN3O4. The first-order valence-electron chi connectivity index (χ1n) is 13.1. The van der Waals surface area contributed by atoms with Gasteiger partial charge in [0.2, 0.25) is 5.91 Å². The molecule has 1 aromatic heterocycles. The number of anilines is 2. The second-order valence-corrected chi connectivity index (χ2v) is 10.6. The van der Waals surface area contributed by atoms with Crippen LogP contribution in [0.5, 0.6) is 0 Å². The lowest BCUT2D eigenvalue weighted by molar-refractivity contribution is -0.132. The second-order valence-electron chi connectivity index (χ2n) is 10.1. The molecule has 2 amide bonds. The van der Waals surface area contributed by atoms with Crippen molar-refractivity contribution in [2.45, 2.75) is 20.3 Å². The van der Waals surface area contributed by atoms with Crippen LogP contribution in [0.2, 0.25) is 5.02 Å². The Hall–Kier alpha value is -4.10. The van der Waals surface area contributed by atoms with Crippen molar-refractivity contribution in [1.82, 2.24) is 4.90 Å². The number of hydrogen-bond donors (Lipinski definition) is 1. The van der Waals surface area contributed by atoms with Crippen LogP contribution in [0.15, 0.2) is 82.0 Å². The molecule has 1 saturated heterocycles. The molecule has 8 heteroatoms. The predicted octanol–water partition coefficient (Wildman–Crippen LogP) is 6.06. The van der Waals surface area contributed by atoms with E-state index in [2.05, 4.69) is 10.2 Å². The third-order valence-electron chi connectivity index (χ3n) is 6.84. The van der Waals surface area contributed by atoms with Gasteiger partial charge in [-0.3, -0.25) is 9.59 Å². The van der Waals surface area contributed by atoms with E-state index in [0.717, 1.165) is 11.1 Å². The molecule has 0 saturated carbocycles. The lowest BCUT2D eigenvalue weighted by Crippen LogP contribution is -2.49. The number of amides is 2. The zero-order chi connectivity index (χ0) is 27.5.